The molecule has 0 bridgehead atoms. The van der Waals surface area contributed by atoms with Crippen molar-refractivity contribution in [2.75, 3.05) is 42.9 Å². The van der Waals surface area contributed by atoms with Gasteiger partial charge in [0.15, 0.2) is 11.6 Å². The number of anilines is 3. The normalized spacial score (nSPS) is 12.7. The molecule has 0 amide bonds. The van der Waals surface area contributed by atoms with E-state index in [1.807, 2.05) is 58.3 Å². The van der Waals surface area contributed by atoms with Gasteiger partial charge in [0.1, 0.15) is 36.1 Å². The number of rotatable bonds is 10. The van der Waals surface area contributed by atoms with Crippen molar-refractivity contribution in [2.24, 2.45) is 0 Å². The van der Waals surface area contributed by atoms with Crippen molar-refractivity contribution in [3.63, 3.8) is 0 Å². The minimum Gasteiger partial charge on any atom is -0.497 e. The average molecular weight is 743 g/mol. The molecule has 0 radical (unpaired) electrons. The molecule has 0 atom stereocenters. The van der Waals surface area contributed by atoms with Crippen LogP contribution in [0.15, 0.2) is 79.3 Å². The number of aromatic nitrogens is 5. The van der Waals surface area contributed by atoms with E-state index >= 15 is 13.2 Å². The Kier molecular flexibility index (Phi) is 9.80. The number of aryl methyl sites for hydroxylation is 1. The van der Waals surface area contributed by atoms with E-state index in [1.54, 1.807) is 26.5 Å². The summed E-state index contributed by atoms with van der Waals surface area (Å²) in [5.41, 5.74) is 7.70. The van der Waals surface area contributed by atoms with Gasteiger partial charge in [0.2, 0.25) is 0 Å². The van der Waals surface area contributed by atoms with Gasteiger partial charge in [-0.1, -0.05) is 35.9 Å². The first-order chi connectivity index (χ1) is 25.5. The van der Waals surface area contributed by atoms with Crippen LogP contribution in [0.2, 0.25) is 5.02 Å². The largest absolute Gasteiger partial charge is 0.497 e. The van der Waals surface area contributed by atoms with Gasteiger partial charge < -0.3 is 29.7 Å². The number of pyridine rings is 1. The Morgan fingerprint density at radius 3 is 2.21 bits per heavy atom. The lowest BCUT2D eigenvalue weighted by atomic mass is 9.98. The Balaban J connectivity index is 1.37. The number of methoxy groups -OCH3 is 2. The molecule has 0 fully saturated rings. The molecule has 7 rings (SSSR count). The van der Waals surface area contributed by atoms with E-state index in [1.165, 1.54) is 25.4 Å². The van der Waals surface area contributed by atoms with Gasteiger partial charge in [0.05, 0.1) is 54.1 Å². The molecule has 11 nitrogen and oxygen atoms in total. The Morgan fingerprint density at radius 1 is 0.943 bits per heavy atom. The van der Waals surface area contributed by atoms with Crippen LogP contribution in [-0.4, -0.2) is 52.5 Å². The minimum atomic E-state index is -4.76. The first-order valence-electron chi connectivity index (χ1n) is 16.5. The Labute approximate surface area is 308 Å². The maximum atomic E-state index is 15.0. The molecule has 0 spiro atoms. The van der Waals surface area contributed by atoms with E-state index in [-0.39, 0.29) is 40.0 Å². The molecule has 4 heterocycles. The lowest BCUT2D eigenvalue weighted by Gasteiger charge is -2.27. The van der Waals surface area contributed by atoms with E-state index in [9.17, 15) is 0 Å². The second-order valence-electron chi connectivity index (χ2n) is 12.4. The van der Waals surface area contributed by atoms with Crippen molar-refractivity contribution in [1.82, 2.24) is 25.1 Å². The fourth-order valence-electron chi connectivity index (χ4n) is 6.41. The van der Waals surface area contributed by atoms with Crippen LogP contribution >= 0.6 is 11.6 Å². The van der Waals surface area contributed by atoms with Gasteiger partial charge in [-0.25, -0.2) is 15.0 Å². The zero-order valence-electron chi connectivity index (χ0n) is 29.0. The van der Waals surface area contributed by atoms with Gasteiger partial charge in [0, 0.05) is 30.8 Å². The molecule has 1 aliphatic heterocycles. The second-order valence-corrected chi connectivity index (χ2v) is 12.8. The number of hydrogen-bond acceptors (Lipinski definition) is 11. The van der Waals surface area contributed by atoms with E-state index in [4.69, 9.17) is 36.5 Å². The third-order valence-corrected chi connectivity index (χ3v) is 9.41. The van der Waals surface area contributed by atoms with Crippen LogP contribution in [0.5, 0.6) is 17.2 Å². The molecule has 272 valence electrons. The number of alkyl halides is 3. The smallest absolute Gasteiger partial charge is 0.418 e. The monoisotopic (exact) mass is 742 g/mol. The molecule has 2 N–H and O–H groups in total. The summed E-state index contributed by atoms with van der Waals surface area (Å²) in [7, 11) is 3.17. The maximum Gasteiger partial charge on any atom is 0.418 e. The minimum absolute atomic E-state index is 0.0204. The summed E-state index contributed by atoms with van der Waals surface area (Å²) >= 11 is 7.07. The van der Waals surface area contributed by atoms with Crippen molar-refractivity contribution in [3.8, 4) is 28.5 Å². The number of ether oxygens (including phenoxy) is 3. The highest BCUT2D eigenvalue weighted by molar-refractivity contribution is 6.36. The fourth-order valence-corrected chi connectivity index (χ4v) is 6.71. The standard InChI is InChI=1S/C38H34ClF3N8O3/c1-22-16-30(50(18-23-4-8-26(51-2)9-5-23)19-24-6-10-27(52-3)11-7-24)47-34(32(22)38(40,41)42)28-17-29-31-35(33(28)39)53-15-14-49(37(31)45-21-44-29)20-25-12-13-46-48-36(25)43/h4-13,16-17,21H,14-15,18-20H2,1-3H3,(H2,43,48). The summed E-state index contributed by atoms with van der Waals surface area (Å²) in [6.45, 7) is 2.95. The lowest BCUT2D eigenvalue weighted by molar-refractivity contribution is -0.137. The number of nitrogens with two attached hydrogens (primary N) is 1. The van der Waals surface area contributed by atoms with Crippen molar-refractivity contribution < 1.29 is 27.4 Å². The number of nitrogens with zero attached hydrogens (tertiary/aromatic N) is 7. The number of hydrogen-bond donors (Lipinski definition) is 1. The molecule has 0 saturated carbocycles. The molecule has 3 aromatic carbocycles. The van der Waals surface area contributed by atoms with Crippen LogP contribution in [0.25, 0.3) is 22.2 Å². The summed E-state index contributed by atoms with van der Waals surface area (Å²) < 4.78 is 61.9. The average Bonchev–Trinajstić information content (AvgIpc) is 3.33. The van der Waals surface area contributed by atoms with Crippen molar-refractivity contribution in [2.45, 2.75) is 32.7 Å². The zero-order valence-corrected chi connectivity index (χ0v) is 29.7. The van der Waals surface area contributed by atoms with Crippen LogP contribution in [0.3, 0.4) is 0 Å². The summed E-state index contributed by atoms with van der Waals surface area (Å²) in [5.74, 6) is 2.62. The highest BCUT2D eigenvalue weighted by atomic mass is 35.5. The van der Waals surface area contributed by atoms with E-state index in [0.29, 0.717) is 60.2 Å². The van der Waals surface area contributed by atoms with Crippen molar-refractivity contribution >= 4 is 40.0 Å². The summed E-state index contributed by atoms with van der Waals surface area (Å²) in [6, 6.07) is 19.7. The number of nitrogen functional groups attached to an aromatic ring is 1. The van der Waals surface area contributed by atoms with E-state index < -0.39 is 11.7 Å². The Morgan fingerprint density at radius 2 is 1.60 bits per heavy atom. The summed E-state index contributed by atoms with van der Waals surface area (Å²) in [4.78, 5) is 17.6. The van der Waals surface area contributed by atoms with Gasteiger partial charge in [-0.05, 0) is 66.1 Å². The maximum absolute atomic E-state index is 15.0. The quantitative estimate of drug-likeness (QED) is 0.149. The van der Waals surface area contributed by atoms with E-state index in [0.717, 1.165) is 16.7 Å². The second kappa shape index (κ2) is 14.6. The number of benzene rings is 3. The SMILES string of the molecule is COc1ccc(CN(Cc2ccc(OC)cc2)c2cc(C)c(C(F)(F)F)c(-c3cc4ncnc5c4c(c3Cl)OCCN5Cc3ccnnc3N)n2)cc1. The van der Waals surface area contributed by atoms with Gasteiger partial charge in [-0.3, -0.25) is 0 Å². The van der Waals surface area contributed by atoms with Crippen LogP contribution in [0, 0.1) is 6.92 Å². The molecular formula is C38H34ClF3N8O3. The molecule has 3 aromatic heterocycles. The first-order valence-corrected chi connectivity index (χ1v) is 16.9. The van der Waals surface area contributed by atoms with Crippen LogP contribution in [0.4, 0.5) is 30.6 Å². The van der Waals surface area contributed by atoms with Crippen LogP contribution in [0.1, 0.15) is 27.8 Å². The molecule has 15 heteroatoms. The molecular weight excluding hydrogens is 709 g/mol. The first kappa shape index (κ1) is 35.5. The summed E-state index contributed by atoms with van der Waals surface area (Å²) in [5, 5.41) is 8.19. The van der Waals surface area contributed by atoms with Crippen LogP contribution < -0.4 is 29.7 Å². The topological polar surface area (TPSA) is 125 Å². The third-order valence-electron chi connectivity index (χ3n) is 9.04. The van der Waals surface area contributed by atoms with Crippen molar-refractivity contribution in [3.05, 3.63) is 112 Å². The molecule has 0 aliphatic carbocycles. The molecule has 1 aliphatic rings. The highest BCUT2D eigenvalue weighted by Crippen LogP contribution is 2.48. The lowest BCUT2D eigenvalue weighted by Crippen LogP contribution is -2.28. The van der Waals surface area contributed by atoms with E-state index in [2.05, 4.69) is 20.2 Å². The third kappa shape index (κ3) is 7.27. The molecule has 0 saturated heterocycles. The highest BCUT2D eigenvalue weighted by Gasteiger charge is 2.39. The van der Waals surface area contributed by atoms with Gasteiger partial charge in [-0.15, -0.1) is 5.10 Å². The fraction of sp³-hybridized carbons (Fsp3) is 0.237. The number of halogens is 4. The predicted octanol–water partition coefficient (Wildman–Crippen LogP) is 7.67. The Bertz CT molecular complexity index is 2230. The predicted molar refractivity (Wildman–Crippen MR) is 196 cm³/mol. The zero-order chi connectivity index (χ0) is 37.3. The van der Waals surface area contributed by atoms with Gasteiger partial charge >= 0.3 is 6.18 Å². The molecule has 0 unspecified atom stereocenters. The Hall–Kier alpha value is -5.89. The van der Waals surface area contributed by atoms with Gasteiger partial charge in [-0.2, -0.15) is 18.3 Å². The molecule has 6 aromatic rings. The van der Waals surface area contributed by atoms with Crippen LogP contribution in [-0.2, 0) is 25.8 Å². The van der Waals surface area contributed by atoms with Gasteiger partial charge in [0.25, 0.3) is 0 Å². The van der Waals surface area contributed by atoms with Crippen molar-refractivity contribution in [1.29, 1.82) is 0 Å². The molecule has 53 heavy (non-hydrogen) atoms. The summed E-state index contributed by atoms with van der Waals surface area (Å²) in [6.07, 6.45) is -1.86.